The minimum atomic E-state index is -1.31. The molecule has 3 amide bonds. The average molecular weight is 419 g/mol. The van der Waals surface area contributed by atoms with Gasteiger partial charge in [-0.15, -0.1) is 0 Å². The molecule has 2 aromatic rings. The second-order valence-corrected chi connectivity index (χ2v) is 8.88. The van der Waals surface area contributed by atoms with Gasteiger partial charge in [0.15, 0.2) is 0 Å². The SMILES string of the molecule is O=C1[C@@H]2[C@H]3CCCN3[C@@]3(C(=O)Nc4ccc(F)cc43)[C@@H]2C(=O)N1CCc1ccccc1. The molecule has 31 heavy (non-hydrogen) atoms. The van der Waals surface area contributed by atoms with Gasteiger partial charge in [-0.1, -0.05) is 30.3 Å². The topological polar surface area (TPSA) is 69.7 Å². The molecule has 3 fully saturated rings. The molecule has 0 bridgehead atoms. The number of hydrogen-bond donors (Lipinski definition) is 1. The van der Waals surface area contributed by atoms with E-state index in [4.69, 9.17) is 0 Å². The Morgan fingerprint density at radius 2 is 1.87 bits per heavy atom. The molecule has 7 heteroatoms. The maximum absolute atomic E-state index is 14.3. The molecule has 0 aromatic heterocycles. The van der Waals surface area contributed by atoms with Gasteiger partial charge in [0, 0.05) is 23.8 Å². The van der Waals surface area contributed by atoms with Crippen molar-refractivity contribution in [3.63, 3.8) is 0 Å². The van der Waals surface area contributed by atoms with Crippen molar-refractivity contribution in [2.75, 3.05) is 18.4 Å². The lowest BCUT2D eigenvalue weighted by Gasteiger charge is -2.36. The van der Waals surface area contributed by atoms with E-state index in [1.807, 2.05) is 35.2 Å². The van der Waals surface area contributed by atoms with E-state index in [0.29, 0.717) is 24.2 Å². The van der Waals surface area contributed by atoms with Crippen molar-refractivity contribution >= 4 is 23.4 Å². The largest absolute Gasteiger partial charge is 0.324 e. The number of benzene rings is 2. The Hall–Kier alpha value is -3.06. The van der Waals surface area contributed by atoms with Crippen LogP contribution in [0, 0.1) is 17.7 Å². The third kappa shape index (κ3) is 2.32. The van der Waals surface area contributed by atoms with Gasteiger partial charge in [0.05, 0.1) is 11.8 Å². The van der Waals surface area contributed by atoms with Crippen LogP contribution in [0.2, 0.25) is 0 Å². The van der Waals surface area contributed by atoms with Crippen LogP contribution in [-0.4, -0.2) is 46.7 Å². The number of nitrogens with zero attached hydrogens (tertiary/aromatic N) is 2. The first-order valence-electron chi connectivity index (χ1n) is 10.8. The summed E-state index contributed by atoms with van der Waals surface area (Å²) in [4.78, 5) is 43.9. The molecule has 1 N–H and O–H groups in total. The number of carbonyl (C=O) groups is 3. The standard InChI is InChI=1S/C24H22FN3O3/c25-15-8-9-17-16(13-15)24(23(31)26-17)20-19(18-7-4-11-28(18)24)21(29)27(22(20)30)12-10-14-5-2-1-3-6-14/h1-3,5-6,8-9,13,18-20H,4,7,10-12H2,(H,26,31)/t18-,19-,20+,24-/m1/s1. The Morgan fingerprint density at radius 1 is 1.06 bits per heavy atom. The second-order valence-electron chi connectivity index (χ2n) is 8.88. The molecule has 1 spiro atoms. The predicted octanol–water partition coefficient (Wildman–Crippen LogP) is 2.29. The third-order valence-corrected chi connectivity index (χ3v) is 7.51. The van der Waals surface area contributed by atoms with Gasteiger partial charge in [0.2, 0.25) is 17.7 Å². The fourth-order valence-electron chi connectivity index (χ4n) is 6.34. The molecular weight excluding hydrogens is 397 g/mol. The molecule has 3 saturated heterocycles. The zero-order valence-electron chi connectivity index (χ0n) is 16.9. The average Bonchev–Trinajstić information content (AvgIpc) is 3.47. The van der Waals surface area contributed by atoms with Gasteiger partial charge in [-0.3, -0.25) is 24.2 Å². The van der Waals surface area contributed by atoms with Gasteiger partial charge in [-0.25, -0.2) is 4.39 Å². The molecule has 2 aromatic carbocycles. The first kappa shape index (κ1) is 18.7. The van der Waals surface area contributed by atoms with E-state index in [1.54, 1.807) is 6.07 Å². The van der Waals surface area contributed by atoms with Crippen LogP contribution >= 0.6 is 0 Å². The quantitative estimate of drug-likeness (QED) is 0.776. The van der Waals surface area contributed by atoms with Crippen molar-refractivity contribution in [1.29, 1.82) is 0 Å². The molecular formula is C24H22FN3O3. The number of carbonyl (C=O) groups excluding carboxylic acids is 3. The summed E-state index contributed by atoms with van der Waals surface area (Å²) >= 11 is 0. The molecule has 0 radical (unpaired) electrons. The molecule has 4 heterocycles. The minimum Gasteiger partial charge on any atom is -0.324 e. The Labute approximate surface area is 179 Å². The molecule has 6 nitrogen and oxygen atoms in total. The molecule has 4 atom stereocenters. The number of fused-ring (bicyclic) bond motifs is 7. The highest BCUT2D eigenvalue weighted by molar-refractivity contribution is 6.15. The van der Waals surface area contributed by atoms with E-state index in [1.165, 1.54) is 17.0 Å². The summed E-state index contributed by atoms with van der Waals surface area (Å²) in [5.41, 5.74) is 0.754. The second kappa shape index (κ2) is 6.47. The van der Waals surface area contributed by atoms with Gasteiger partial charge in [0.25, 0.3) is 0 Å². The summed E-state index contributed by atoms with van der Waals surface area (Å²) in [5.74, 6) is -2.66. The number of likely N-dealkylation sites (tertiary alicyclic amines) is 1. The zero-order chi connectivity index (χ0) is 21.3. The van der Waals surface area contributed by atoms with E-state index >= 15 is 0 Å². The third-order valence-electron chi connectivity index (χ3n) is 7.51. The van der Waals surface area contributed by atoms with E-state index in [-0.39, 0.29) is 30.3 Å². The van der Waals surface area contributed by atoms with Crippen LogP contribution in [-0.2, 0) is 26.3 Å². The molecule has 0 saturated carbocycles. The van der Waals surface area contributed by atoms with Crippen molar-refractivity contribution in [2.24, 2.45) is 11.8 Å². The molecule has 4 aliphatic heterocycles. The van der Waals surface area contributed by atoms with Crippen LogP contribution in [0.3, 0.4) is 0 Å². The van der Waals surface area contributed by atoms with Gasteiger partial charge < -0.3 is 5.32 Å². The van der Waals surface area contributed by atoms with E-state index in [0.717, 1.165) is 18.4 Å². The number of imide groups is 1. The maximum Gasteiger partial charge on any atom is 0.250 e. The highest BCUT2D eigenvalue weighted by atomic mass is 19.1. The van der Waals surface area contributed by atoms with Crippen LogP contribution in [0.1, 0.15) is 24.0 Å². The number of halogens is 1. The van der Waals surface area contributed by atoms with Crippen molar-refractivity contribution in [2.45, 2.75) is 30.8 Å². The number of nitrogens with one attached hydrogen (secondary N) is 1. The van der Waals surface area contributed by atoms with Gasteiger partial charge >= 0.3 is 0 Å². The van der Waals surface area contributed by atoms with Crippen molar-refractivity contribution < 1.29 is 18.8 Å². The molecule has 0 aliphatic carbocycles. The van der Waals surface area contributed by atoms with Crippen molar-refractivity contribution in [3.05, 3.63) is 65.5 Å². The first-order valence-corrected chi connectivity index (χ1v) is 10.8. The highest BCUT2D eigenvalue weighted by Gasteiger charge is 2.74. The molecule has 6 rings (SSSR count). The van der Waals surface area contributed by atoms with Gasteiger partial charge in [-0.05, 0) is 49.6 Å². The van der Waals surface area contributed by atoms with Gasteiger partial charge in [0.1, 0.15) is 11.4 Å². The normalized spacial score (nSPS) is 31.3. The lowest BCUT2D eigenvalue weighted by molar-refractivity contribution is -0.145. The number of anilines is 1. The minimum absolute atomic E-state index is 0.178. The molecule has 4 aliphatic rings. The van der Waals surface area contributed by atoms with Crippen LogP contribution in [0.25, 0.3) is 0 Å². The molecule has 158 valence electrons. The monoisotopic (exact) mass is 419 g/mol. The summed E-state index contributed by atoms with van der Waals surface area (Å²) in [6.45, 7) is 0.903. The molecule has 0 unspecified atom stereocenters. The highest BCUT2D eigenvalue weighted by Crippen LogP contribution is 2.60. The van der Waals surface area contributed by atoms with E-state index in [9.17, 15) is 18.8 Å². The number of rotatable bonds is 3. The zero-order valence-corrected chi connectivity index (χ0v) is 16.9. The number of hydrogen-bond acceptors (Lipinski definition) is 4. The van der Waals surface area contributed by atoms with E-state index < -0.39 is 23.2 Å². The van der Waals surface area contributed by atoms with Crippen LogP contribution < -0.4 is 5.32 Å². The summed E-state index contributed by atoms with van der Waals surface area (Å²) in [6.07, 6.45) is 2.17. The maximum atomic E-state index is 14.3. The first-order chi connectivity index (χ1) is 15.0. The summed E-state index contributed by atoms with van der Waals surface area (Å²) < 4.78 is 14.3. The summed E-state index contributed by atoms with van der Waals surface area (Å²) in [6, 6.07) is 13.7. The van der Waals surface area contributed by atoms with Crippen molar-refractivity contribution in [1.82, 2.24) is 9.80 Å². The predicted molar refractivity (Wildman–Crippen MR) is 110 cm³/mol. The Kier molecular flexibility index (Phi) is 3.90. The van der Waals surface area contributed by atoms with Crippen LogP contribution in [0.4, 0.5) is 10.1 Å². The smallest absolute Gasteiger partial charge is 0.250 e. The Morgan fingerprint density at radius 3 is 2.68 bits per heavy atom. The fraction of sp³-hybridized carbons (Fsp3) is 0.375. The van der Waals surface area contributed by atoms with E-state index in [2.05, 4.69) is 5.32 Å². The number of amides is 3. The van der Waals surface area contributed by atoms with Crippen molar-refractivity contribution in [3.8, 4) is 0 Å². The lowest BCUT2D eigenvalue weighted by atomic mass is 9.75. The fourth-order valence-corrected chi connectivity index (χ4v) is 6.34. The van der Waals surface area contributed by atoms with Crippen LogP contribution in [0.5, 0.6) is 0 Å². The van der Waals surface area contributed by atoms with Crippen LogP contribution in [0.15, 0.2) is 48.5 Å². The lowest BCUT2D eigenvalue weighted by Crippen LogP contribution is -2.54. The Bertz CT molecular complexity index is 1120. The summed E-state index contributed by atoms with van der Waals surface area (Å²) in [5, 5.41) is 2.86. The van der Waals surface area contributed by atoms with Gasteiger partial charge in [-0.2, -0.15) is 0 Å². The summed E-state index contributed by atoms with van der Waals surface area (Å²) in [7, 11) is 0. The Balaban J connectivity index is 1.43.